The number of aryl methyl sites for hydroxylation is 3. The van der Waals surface area contributed by atoms with E-state index in [2.05, 4.69) is 9.88 Å². The SMILES string of the molecule is COc1cc(C=CC(=O)Nc2ccc3c(c2)nc2n3CCCCC2)ccc1OS(=O)(=O)c1ccc(C)cc1. The first-order valence-electron chi connectivity index (χ1n) is 12.5. The first-order chi connectivity index (χ1) is 18.3. The number of methoxy groups -OCH3 is 1. The molecule has 3 aromatic carbocycles. The normalized spacial score (nSPS) is 13.7. The fourth-order valence-electron chi connectivity index (χ4n) is 4.51. The summed E-state index contributed by atoms with van der Waals surface area (Å²) in [5, 5.41) is 2.88. The second kappa shape index (κ2) is 10.7. The van der Waals surface area contributed by atoms with Crippen LogP contribution in [0.15, 0.2) is 71.6 Å². The summed E-state index contributed by atoms with van der Waals surface area (Å²) in [6, 6.07) is 16.9. The maximum absolute atomic E-state index is 12.7. The number of anilines is 1. The molecule has 0 saturated heterocycles. The molecular formula is C29H29N3O5S. The third-order valence-corrected chi connectivity index (χ3v) is 7.75. The van der Waals surface area contributed by atoms with Crippen molar-refractivity contribution in [1.29, 1.82) is 0 Å². The van der Waals surface area contributed by atoms with Gasteiger partial charge in [0.15, 0.2) is 11.5 Å². The Bertz CT molecular complexity index is 1620. The zero-order valence-corrected chi connectivity index (χ0v) is 22.1. The van der Waals surface area contributed by atoms with E-state index in [0.29, 0.717) is 11.3 Å². The van der Waals surface area contributed by atoms with Gasteiger partial charge in [-0.1, -0.05) is 30.2 Å². The maximum Gasteiger partial charge on any atom is 0.339 e. The lowest BCUT2D eigenvalue weighted by atomic mass is 10.2. The van der Waals surface area contributed by atoms with Gasteiger partial charge in [0, 0.05) is 24.7 Å². The topological polar surface area (TPSA) is 99.5 Å². The van der Waals surface area contributed by atoms with Gasteiger partial charge in [0.1, 0.15) is 10.7 Å². The Morgan fingerprint density at radius 1 is 1.00 bits per heavy atom. The molecule has 196 valence electrons. The predicted molar refractivity (Wildman–Crippen MR) is 147 cm³/mol. The van der Waals surface area contributed by atoms with Crippen molar-refractivity contribution in [1.82, 2.24) is 9.55 Å². The molecule has 5 rings (SSSR count). The quantitative estimate of drug-likeness (QED) is 0.250. The second-order valence-electron chi connectivity index (χ2n) is 9.28. The first kappa shape index (κ1) is 25.5. The fourth-order valence-corrected chi connectivity index (χ4v) is 5.45. The van der Waals surface area contributed by atoms with Gasteiger partial charge >= 0.3 is 10.1 Å². The highest BCUT2D eigenvalue weighted by Gasteiger charge is 2.19. The van der Waals surface area contributed by atoms with Crippen LogP contribution in [-0.4, -0.2) is 31.0 Å². The summed E-state index contributed by atoms with van der Waals surface area (Å²) in [7, 11) is -2.60. The van der Waals surface area contributed by atoms with Crippen LogP contribution in [0.1, 0.15) is 36.2 Å². The van der Waals surface area contributed by atoms with Gasteiger partial charge in [-0.3, -0.25) is 4.79 Å². The van der Waals surface area contributed by atoms with Gasteiger partial charge in [-0.2, -0.15) is 8.42 Å². The summed E-state index contributed by atoms with van der Waals surface area (Å²) in [6.07, 6.45) is 7.53. The predicted octanol–water partition coefficient (Wildman–Crippen LogP) is 5.50. The third-order valence-electron chi connectivity index (χ3n) is 6.50. The molecule has 2 heterocycles. The van der Waals surface area contributed by atoms with Gasteiger partial charge in [0.25, 0.3) is 0 Å². The van der Waals surface area contributed by atoms with Crippen LogP contribution in [0.3, 0.4) is 0 Å². The van der Waals surface area contributed by atoms with E-state index in [1.54, 1.807) is 30.3 Å². The minimum absolute atomic E-state index is 0.0511. The Labute approximate surface area is 222 Å². The number of aromatic nitrogens is 2. The van der Waals surface area contributed by atoms with E-state index in [0.717, 1.165) is 48.2 Å². The van der Waals surface area contributed by atoms with Crippen molar-refractivity contribution in [2.45, 2.75) is 44.0 Å². The summed E-state index contributed by atoms with van der Waals surface area (Å²) in [6.45, 7) is 2.85. The average molecular weight is 532 g/mol. The Morgan fingerprint density at radius 3 is 2.61 bits per heavy atom. The number of nitrogens with zero attached hydrogens (tertiary/aromatic N) is 2. The minimum Gasteiger partial charge on any atom is -0.493 e. The molecule has 0 unspecified atom stereocenters. The molecule has 0 fully saturated rings. The molecule has 1 N–H and O–H groups in total. The molecule has 1 amide bonds. The summed E-state index contributed by atoms with van der Waals surface area (Å²) >= 11 is 0. The van der Waals surface area contributed by atoms with Crippen LogP contribution in [0.25, 0.3) is 17.1 Å². The zero-order chi connectivity index (χ0) is 26.7. The lowest BCUT2D eigenvalue weighted by Crippen LogP contribution is -2.10. The van der Waals surface area contributed by atoms with E-state index in [1.807, 2.05) is 25.1 Å². The Morgan fingerprint density at radius 2 is 1.82 bits per heavy atom. The summed E-state index contributed by atoms with van der Waals surface area (Å²) < 4.78 is 38.3. The second-order valence-corrected chi connectivity index (χ2v) is 10.8. The molecule has 0 spiro atoms. The molecule has 0 atom stereocenters. The van der Waals surface area contributed by atoms with Gasteiger partial charge in [-0.25, -0.2) is 4.98 Å². The molecule has 0 saturated carbocycles. The number of fused-ring (bicyclic) bond motifs is 3. The van der Waals surface area contributed by atoms with E-state index in [9.17, 15) is 13.2 Å². The van der Waals surface area contributed by atoms with Crippen LogP contribution in [0.2, 0.25) is 0 Å². The fraction of sp³-hybridized carbons (Fsp3) is 0.241. The largest absolute Gasteiger partial charge is 0.493 e. The molecule has 9 heteroatoms. The van der Waals surface area contributed by atoms with Crippen molar-refractivity contribution in [3.8, 4) is 11.5 Å². The van der Waals surface area contributed by atoms with Gasteiger partial charge in [-0.15, -0.1) is 0 Å². The van der Waals surface area contributed by atoms with Crippen molar-refractivity contribution in [3.05, 3.63) is 83.7 Å². The number of carbonyl (C=O) groups is 1. The third kappa shape index (κ3) is 5.57. The highest BCUT2D eigenvalue weighted by molar-refractivity contribution is 7.87. The standard InChI is InChI=1S/C29H29N3O5S/c1-20-7-12-23(13-8-20)38(34,35)37-26-15-9-21(18-27(26)36-2)10-16-29(33)30-22-11-14-25-24(19-22)31-28-6-4-3-5-17-32(25)28/h7-16,18-19H,3-6,17H2,1-2H3,(H,30,33). The molecule has 0 aliphatic carbocycles. The van der Waals surface area contributed by atoms with Gasteiger partial charge in [0.2, 0.25) is 5.91 Å². The summed E-state index contributed by atoms with van der Waals surface area (Å²) in [5.74, 6) is 1.09. The van der Waals surface area contributed by atoms with Crippen molar-refractivity contribution in [3.63, 3.8) is 0 Å². The van der Waals surface area contributed by atoms with Crippen molar-refractivity contribution in [2.75, 3.05) is 12.4 Å². The van der Waals surface area contributed by atoms with E-state index < -0.39 is 10.1 Å². The zero-order valence-electron chi connectivity index (χ0n) is 21.3. The van der Waals surface area contributed by atoms with Crippen LogP contribution in [0.5, 0.6) is 11.5 Å². The van der Waals surface area contributed by atoms with Gasteiger partial charge < -0.3 is 18.8 Å². The lowest BCUT2D eigenvalue weighted by Gasteiger charge is -2.11. The van der Waals surface area contributed by atoms with Crippen LogP contribution < -0.4 is 14.2 Å². The first-order valence-corrected chi connectivity index (χ1v) is 13.9. The molecule has 1 aromatic heterocycles. The number of imidazole rings is 1. The molecule has 38 heavy (non-hydrogen) atoms. The Balaban J connectivity index is 1.27. The van der Waals surface area contributed by atoms with E-state index in [1.165, 1.54) is 37.8 Å². The number of nitrogens with one attached hydrogen (secondary N) is 1. The number of hydrogen-bond donors (Lipinski definition) is 1. The van der Waals surface area contributed by atoms with Crippen molar-refractivity contribution < 1.29 is 22.1 Å². The number of amides is 1. The lowest BCUT2D eigenvalue weighted by molar-refractivity contribution is -0.111. The van der Waals surface area contributed by atoms with E-state index in [4.69, 9.17) is 13.9 Å². The van der Waals surface area contributed by atoms with Crippen LogP contribution in [0, 0.1) is 6.92 Å². The molecular weight excluding hydrogens is 502 g/mol. The van der Waals surface area contributed by atoms with E-state index >= 15 is 0 Å². The van der Waals surface area contributed by atoms with Crippen LogP contribution in [-0.2, 0) is 27.9 Å². The molecule has 1 aliphatic heterocycles. The Kier molecular flexibility index (Phi) is 7.20. The maximum atomic E-state index is 12.7. The Hall–Kier alpha value is -4.11. The van der Waals surface area contributed by atoms with Crippen LogP contribution >= 0.6 is 0 Å². The monoisotopic (exact) mass is 531 g/mol. The molecule has 0 bridgehead atoms. The van der Waals surface area contributed by atoms with Gasteiger partial charge in [0.05, 0.1) is 18.1 Å². The molecule has 4 aromatic rings. The number of hydrogen-bond acceptors (Lipinski definition) is 6. The minimum atomic E-state index is -4.02. The van der Waals surface area contributed by atoms with E-state index in [-0.39, 0.29) is 22.3 Å². The molecule has 0 radical (unpaired) electrons. The van der Waals surface area contributed by atoms with Crippen LogP contribution in [0.4, 0.5) is 5.69 Å². The summed E-state index contributed by atoms with van der Waals surface area (Å²) in [4.78, 5) is 17.4. The average Bonchev–Trinajstić information content (AvgIpc) is 3.07. The smallest absolute Gasteiger partial charge is 0.339 e. The molecule has 8 nitrogen and oxygen atoms in total. The highest BCUT2D eigenvalue weighted by Crippen LogP contribution is 2.31. The molecule has 1 aliphatic rings. The number of rotatable bonds is 7. The van der Waals surface area contributed by atoms with Gasteiger partial charge in [-0.05, 0) is 73.9 Å². The number of benzene rings is 3. The number of ether oxygens (including phenoxy) is 1. The van der Waals surface area contributed by atoms with Crippen molar-refractivity contribution in [2.24, 2.45) is 0 Å². The summed E-state index contributed by atoms with van der Waals surface area (Å²) in [5.41, 5.74) is 4.23. The van der Waals surface area contributed by atoms with Crippen molar-refractivity contribution >= 4 is 38.8 Å². The highest BCUT2D eigenvalue weighted by atomic mass is 32.2. The number of carbonyl (C=O) groups excluding carboxylic acids is 1.